The Morgan fingerprint density at radius 1 is 0.244 bits per heavy atom. The number of hydrogen-bond donors (Lipinski definition) is 0. The summed E-state index contributed by atoms with van der Waals surface area (Å²) in [4.78, 5) is 0. The van der Waals surface area contributed by atoms with Gasteiger partial charge in [0.15, 0.2) is 0 Å². The average molecular weight is 589 g/mol. The van der Waals surface area contributed by atoms with E-state index in [9.17, 15) is 0 Å². The first kappa shape index (κ1) is 25.9. The van der Waals surface area contributed by atoms with Crippen molar-refractivity contribution in [3.63, 3.8) is 0 Å². The topological polar surface area (TPSA) is 0 Å². The summed E-state index contributed by atoms with van der Waals surface area (Å²) in [5.41, 5.74) is 10.0. The lowest BCUT2D eigenvalue weighted by molar-refractivity contribution is 1.61. The molecule has 0 atom stereocenters. The van der Waals surface area contributed by atoms with Crippen LogP contribution in [0.5, 0.6) is 0 Å². The van der Waals surface area contributed by atoms with Crippen LogP contribution >= 0.6 is 11.3 Å². The van der Waals surface area contributed by atoms with Crippen molar-refractivity contribution in [1.29, 1.82) is 0 Å². The molecule has 210 valence electrons. The van der Waals surface area contributed by atoms with Gasteiger partial charge in [-0.05, 0) is 96.4 Å². The zero-order valence-corrected chi connectivity index (χ0v) is 25.4. The molecule has 0 amide bonds. The van der Waals surface area contributed by atoms with Crippen molar-refractivity contribution < 1.29 is 0 Å². The second-order valence-electron chi connectivity index (χ2n) is 11.7. The lowest BCUT2D eigenvalue weighted by atomic mass is 9.85. The summed E-state index contributed by atoms with van der Waals surface area (Å²) < 4.78 is 2.65. The van der Waals surface area contributed by atoms with E-state index in [1.165, 1.54) is 86.2 Å². The first-order valence-electron chi connectivity index (χ1n) is 15.4. The largest absolute Gasteiger partial charge is 0.135 e. The molecule has 0 saturated carbocycles. The van der Waals surface area contributed by atoms with Crippen LogP contribution in [-0.4, -0.2) is 0 Å². The third kappa shape index (κ3) is 4.36. The number of hydrogen-bond acceptors (Lipinski definition) is 1. The van der Waals surface area contributed by atoms with Gasteiger partial charge in [0.2, 0.25) is 0 Å². The van der Waals surface area contributed by atoms with Gasteiger partial charge in [0, 0.05) is 20.2 Å². The minimum atomic E-state index is 1.23. The van der Waals surface area contributed by atoms with E-state index in [-0.39, 0.29) is 0 Å². The van der Waals surface area contributed by atoms with Crippen LogP contribution in [0.4, 0.5) is 0 Å². The molecule has 0 aliphatic heterocycles. The molecule has 0 unspecified atom stereocenters. The van der Waals surface area contributed by atoms with Gasteiger partial charge in [-0.3, -0.25) is 0 Å². The molecule has 1 heterocycles. The SMILES string of the molecule is c1ccc(-c2cccc(-c3c4ccccc4c(-c4ccc5sc6ccc(-c7ccccc7)cc6c5c4)c4ccccc34)c2)cc1. The van der Waals surface area contributed by atoms with Gasteiger partial charge in [0.1, 0.15) is 0 Å². The lowest BCUT2D eigenvalue weighted by Gasteiger charge is -2.18. The predicted molar refractivity (Wildman–Crippen MR) is 196 cm³/mol. The van der Waals surface area contributed by atoms with Crippen LogP contribution in [-0.2, 0) is 0 Å². The summed E-state index contributed by atoms with van der Waals surface area (Å²) in [5.74, 6) is 0. The molecular formula is C44H28S. The van der Waals surface area contributed by atoms with E-state index in [0.717, 1.165) is 0 Å². The molecule has 9 aromatic rings. The van der Waals surface area contributed by atoms with E-state index in [1.54, 1.807) is 0 Å². The fraction of sp³-hybridized carbons (Fsp3) is 0. The third-order valence-corrected chi connectivity index (χ3v) is 10.2. The monoisotopic (exact) mass is 588 g/mol. The van der Waals surface area contributed by atoms with Crippen molar-refractivity contribution >= 4 is 53.1 Å². The normalized spacial score (nSPS) is 11.6. The number of benzene rings is 8. The first-order chi connectivity index (χ1) is 22.3. The number of rotatable bonds is 4. The van der Waals surface area contributed by atoms with E-state index < -0.39 is 0 Å². The molecule has 9 rings (SSSR count). The maximum atomic E-state index is 2.42. The Balaban J connectivity index is 1.29. The standard InChI is InChI=1S/C44H28S/c1-3-12-29(13-4-1)31-16-11-17-33(26-31)43-35-18-7-9-20-37(35)44(38-21-10-8-19-36(38)43)34-23-25-42-40(28-34)39-27-32(22-24-41(39)45-42)30-14-5-2-6-15-30/h1-28H. The Kier molecular flexibility index (Phi) is 6.11. The van der Waals surface area contributed by atoms with Crippen molar-refractivity contribution in [3.05, 3.63) is 170 Å². The van der Waals surface area contributed by atoms with Gasteiger partial charge in [-0.25, -0.2) is 0 Å². The Hall–Kier alpha value is -5.50. The molecule has 0 spiro atoms. The molecule has 45 heavy (non-hydrogen) atoms. The fourth-order valence-corrected chi connectivity index (χ4v) is 8.05. The summed E-state index contributed by atoms with van der Waals surface area (Å²) in [6.07, 6.45) is 0. The van der Waals surface area contributed by atoms with Crippen LogP contribution in [0.2, 0.25) is 0 Å². The molecule has 1 heteroatoms. The van der Waals surface area contributed by atoms with Crippen molar-refractivity contribution in [1.82, 2.24) is 0 Å². The molecular weight excluding hydrogens is 561 g/mol. The quantitative estimate of drug-likeness (QED) is 0.179. The maximum Gasteiger partial charge on any atom is 0.0355 e. The van der Waals surface area contributed by atoms with Crippen molar-refractivity contribution in [2.45, 2.75) is 0 Å². The molecule has 0 aliphatic carbocycles. The maximum absolute atomic E-state index is 2.42. The fourth-order valence-electron chi connectivity index (χ4n) is 6.98. The average Bonchev–Trinajstić information content (AvgIpc) is 3.48. The predicted octanol–water partition coefficient (Wildman–Crippen LogP) is 13.0. The van der Waals surface area contributed by atoms with Gasteiger partial charge in [0.05, 0.1) is 0 Å². The molecule has 0 nitrogen and oxygen atoms in total. The Bertz CT molecular complexity index is 2460. The summed E-state index contributed by atoms with van der Waals surface area (Å²) in [6.45, 7) is 0. The molecule has 0 radical (unpaired) electrons. The van der Waals surface area contributed by atoms with Crippen LogP contribution in [0, 0.1) is 0 Å². The Morgan fingerprint density at radius 2 is 0.622 bits per heavy atom. The van der Waals surface area contributed by atoms with E-state index in [0.29, 0.717) is 0 Å². The van der Waals surface area contributed by atoms with Gasteiger partial charge in [-0.1, -0.05) is 140 Å². The zero-order chi connectivity index (χ0) is 29.7. The summed E-state index contributed by atoms with van der Waals surface area (Å²) in [5, 5.41) is 7.75. The summed E-state index contributed by atoms with van der Waals surface area (Å²) in [6, 6.07) is 62.2. The van der Waals surface area contributed by atoms with Crippen molar-refractivity contribution in [3.8, 4) is 44.5 Å². The van der Waals surface area contributed by atoms with Crippen LogP contribution in [0.1, 0.15) is 0 Å². The molecule has 0 aliphatic rings. The first-order valence-corrected chi connectivity index (χ1v) is 16.2. The van der Waals surface area contributed by atoms with Crippen LogP contribution < -0.4 is 0 Å². The highest BCUT2D eigenvalue weighted by Crippen LogP contribution is 2.46. The molecule has 0 bridgehead atoms. The van der Waals surface area contributed by atoms with Crippen molar-refractivity contribution in [2.24, 2.45) is 0 Å². The number of thiophene rings is 1. The summed E-state index contributed by atoms with van der Waals surface area (Å²) in [7, 11) is 0. The molecule has 0 fully saturated rings. The van der Waals surface area contributed by atoms with Gasteiger partial charge in [-0.15, -0.1) is 11.3 Å². The smallest absolute Gasteiger partial charge is 0.0355 e. The lowest BCUT2D eigenvalue weighted by Crippen LogP contribution is -1.91. The van der Waals surface area contributed by atoms with Crippen LogP contribution in [0.3, 0.4) is 0 Å². The van der Waals surface area contributed by atoms with Crippen LogP contribution in [0.25, 0.3) is 86.2 Å². The van der Waals surface area contributed by atoms with E-state index in [2.05, 4.69) is 170 Å². The third-order valence-electron chi connectivity index (χ3n) is 9.05. The second-order valence-corrected chi connectivity index (χ2v) is 12.8. The Labute approximate surface area is 266 Å². The Morgan fingerprint density at radius 3 is 1.16 bits per heavy atom. The zero-order valence-electron chi connectivity index (χ0n) is 24.6. The summed E-state index contributed by atoms with van der Waals surface area (Å²) >= 11 is 1.88. The van der Waals surface area contributed by atoms with E-state index in [1.807, 2.05) is 11.3 Å². The number of fused-ring (bicyclic) bond motifs is 5. The van der Waals surface area contributed by atoms with E-state index in [4.69, 9.17) is 0 Å². The van der Waals surface area contributed by atoms with Crippen LogP contribution in [0.15, 0.2) is 170 Å². The molecule has 1 aromatic heterocycles. The van der Waals surface area contributed by atoms with Gasteiger partial charge in [0.25, 0.3) is 0 Å². The minimum Gasteiger partial charge on any atom is -0.135 e. The van der Waals surface area contributed by atoms with Crippen molar-refractivity contribution in [2.75, 3.05) is 0 Å². The molecule has 0 N–H and O–H groups in total. The second kappa shape index (κ2) is 10.6. The van der Waals surface area contributed by atoms with E-state index >= 15 is 0 Å². The molecule has 8 aromatic carbocycles. The van der Waals surface area contributed by atoms with Gasteiger partial charge in [-0.2, -0.15) is 0 Å². The highest BCUT2D eigenvalue weighted by molar-refractivity contribution is 7.25. The van der Waals surface area contributed by atoms with Gasteiger partial charge >= 0.3 is 0 Å². The minimum absolute atomic E-state index is 1.23. The van der Waals surface area contributed by atoms with Gasteiger partial charge < -0.3 is 0 Å². The highest BCUT2D eigenvalue weighted by atomic mass is 32.1. The highest BCUT2D eigenvalue weighted by Gasteiger charge is 2.18. The molecule has 0 saturated heterocycles.